The summed E-state index contributed by atoms with van der Waals surface area (Å²) in [6.45, 7) is 1.04. The molecule has 1 fully saturated rings. The monoisotopic (exact) mass is 353 g/mol. The van der Waals surface area contributed by atoms with E-state index in [1.807, 2.05) is 0 Å². The Balaban J connectivity index is 2.43. The zero-order valence-corrected chi connectivity index (χ0v) is 13.4. The highest BCUT2D eigenvalue weighted by Gasteiger charge is 2.26. The first-order valence-corrected chi connectivity index (χ1v) is 9.22. The van der Waals surface area contributed by atoms with E-state index in [0.717, 1.165) is 37.8 Å². The molecule has 0 unspecified atom stereocenters. The Morgan fingerprint density at radius 2 is 1.71 bits per heavy atom. The van der Waals surface area contributed by atoms with Crippen molar-refractivity contribution in [2.45, 2.75) is 30.6 Å². The number of benzene rings is 1. The number of amides is 1. The molecule has 8 heteroatoms. The van der Waals surface area contributed by atoms with E-state index in [1.165, 1.54) is 4.90 Å². The summed E-state index contributed by atoms with van der Waals surface area (Å²) in [4.78, 5) is 13.1. The maximum Gasteiger partial charge on any atom is 0.264 e. The molecule has 4 nitrogen and oxygen atoms in total. The maximum absolute atomic E-state index is 14.3. The fourth-order valence-electron chi connectivity index (χ4n) is 2.34. The summed E-state index contributed by atoms with van der Waals surface area (Å²) in [5.74, 6) is -1.71. The SMILES string of the molecule is O=C(c1cc(Cl)cc(S(=O)(=O)Cl)c1F)N1CCCCCC1. The molecule has 0 atom stereocenters. The topological polar surface area (TPSA) is 54.5 Å². The average molecular weight is 354 g/mol. The van der Waals surface area contributed by atoms with Gasteiger partial charge in [-0.25, -0.2) is 12.8 Å². The summed E-state index contributed by atoms with van der Waals surface area (Å²) in [5, 5.41) is -0.0474. The molecule has 1 aromatic carbocycles. The van der Waals surface area contributed by atoms with Gasteiger partial charge in [-0.2, -0.15) is 0 Å². The number of halogens is 3. The molecule has 1 saturated heterocycles. The second kappa shape index (κ2) is 6.50. The predicted molar refractivity (Wildman–Crippen MR) is 78.8 cm³/mol. The number of nitrogens with zero attached hydrogens (tertiary/aromatic N) is 1. The van der Waals surface area contributed by atoms with Gasteiger partial charge in [0.1, 0.15) is 4.90 Å². The van der Waals surface area contributed by atoms with E-state index in [-0.39, 0.29) is 10.6 Å². The minimum absolute atomic E-state index is 0.0474. The first-order valence-electron chi connectivity index (χ1n) is 6.53. The van der Waals surface area contributed by atoms with E-state index in [0.29, 0.717) is 13.1 Å². The number of hydrogen-bond donors (Lipinski definition) is 0. The van der Waals surface area contributed by atoms with Crippen molar-refractivity contribution in [1.29, 1.82) is 0 Å². The minimum atomic E-state index is -4.31. The molecule has 1 amide bonds. The zero-order chi connectivity index (χ0) is 15.6. The molecule has 1 aliphatic rings. The third-order valence-electron chi connectivity index (χ3n) is 3.39. The summed E-state index contributed by atoms with van der Waals surface area (Å²) in [6, 6.07) is 2.04. The Bertz CT molecular complexity index is 656. The molecule has 0 bridgehead atoms. The van der Waals surface area contributed by atoms with Crippen molar-refractivity contribution >= 4 is 37.2 Å². The number of carbonyl (C=O) groups excluding carboxylic acids is 1. The van der Waals surface area contributed by atoms with E-state index in [9.17, 15) is 17.6 Å². The largest absolute Gasteiger partial charge is 0.339 e. The van der Waals surface area contributed by atoms with E-state index >= 15 is 0 Å². The summed E-state index contributed by atoms with van der Waals surface area (Å²) in [6.07, 6.45) is 3.72. The molecule has 0 N–H and O–H groups in total. The van der Waals surface area contributed by atoms with Crippen LogP contribution in [-0.2, 0) is 9.05 Å². The second-order valence-electron chi connectivity index (χ2n) is 4.91. The molecule has 2 rings (SSSR count). The van der Waals surface area contributed by atoms with Gasteiger partial charge in [0, 0.05) is 28.8 Å². The van der Waals surface area contributed by atoms with Crippen LogP contribution in [0.25, 0.3) is 0 Å². The second-order valence-corrected chi connectivity index (χ2v) is 7.88. The molecule has 1 aliphatic heterocycles. The summed E-state index contributed by atoms with van der Waals surface area (Å²) < 4.78 is 37.0. The van der Waals surface area contributed by atoms with Crippen LogP contribution >= 0.6 is 22.3 Å². The highest BCUT2D eigenvalue weighted by atomic mass is 35.7. The number of hydrogen-bond acceptors (Lipinski definition) is 3. The minimum Gasteiger partial charge on any atom is -0.339 e. The smallest absolute Gasteiger partial charge is 0.264 e. The molecule has 116 valence electrons. The van der Waals surface area contributed by atoms with Gasteiger partial charge in [-0.05, 0) is 25.0 Å². The Morgan fingerprint density at radius 1 is 1.14 bits per heavy atom. The fraction of sp³-hybridized carbons (Fsp3) is 0.462. The summed E-state index contributed by atoms with van der Waals surface area (Å²) >= 11 is 5.78. The first-order chi connectivity index (χ1) is 9.80. The third-order valence-corrected chi connectivity index (χ3v) is 4.93. The van der Waals surface area contributed by atoms with Crippen molar-refractivity contribution in [3.8, 4) is 0 Å². The fourth-order valence-corrected chi connectivity index (χ4v) is 3.55. The Labute approximate surface area is 132 Å². The van der Waals surface area contributed by atoms with Crippen LogP contribution in [0.5, 0.6) is 0 Å². The zero-order valence-electron chi connectivity index (χ0n) is 11.1. The van der Waals surface area contributed by atoms with Gasteiger partial charge in [-0.15, -0.1) is 0 Å². The van der Waals surface area contributed by atoms with Gasteiger partial charge in [0.05, 0.1) is 5.56 Å². The van der Waals surface area contributed by atoms with Crippen LogP contribution in [-0.4, -0.2) is 32.3 Å². The molecular weight excluding hydrogens is 340 g/mol. The normalized spacial score (nSPS) is 16.6. The van der Waals surface area contributed by atoms with Crippen LogP contribution in [0.2, 0.25) is 5.02 Å². The van der Waals surface area contributed by atoms with Gasteiger partial charge in [0.2, 0.25) is 0 Å². The highest BCUT2D eigenvalue weighted by molar-refractivity contribution is 8.13. The molecule has 0 saturated carbocycles. The molecule has 1 heterocycles. The van der Waals surface area contributed by atoms with E-state index in [4.69, 9.17) is 22.3 Å². The van der Waals surface area contributed by atoms with Gasteiger partial charge >= 0.3 is 0 Å². The van der Waals surface area contributed by atoms with Crippen molar-refractivity contribution in [2.75, 3.05) is 13.1 Å². The van der Waals surface area contributed by atoms with Crippen LogP contribution < -0.4 is 0 Å². The van der Waals surface area contributed by atoms with Gasteiger partial charge < -0.3 is 4.90 Å². The van der Waals surface area contributed by atoms with E-state index in [1.54, 1.807) is 0 Å². The lowest BCUT2D eigenvalue weighted by Crippen LogP contribution is -2.32. The summed E-state index contributed by atoms with van der Waals surface area (Å²) in [5.41, 5.74) is -0.358. The molecule has 0 spiro atoms. The molecule has 0 aromatic heterocycles. The highest BCUT2D eigenvalue weighted by Crippen LogP contribution is 2.27. The van der Waals surface area contributed by atoms with Crippen molar-refractivity contribution in [2.24, 2.45) is 0 Å². The van der Waals surface area contributed by atoms with E-state index in [2.05, 4.69) is 0 Å². The van der Waals surface area contributed by atoms with Crippen LogP contribution in [0.3, 0.4) is 0 Å². The molecular formula is C13H14Cl2FNO3S. The van der Waals surface area contributed by atoms with Crippen molar-refractivity contribution in [3.63, 3.8) is 0 Å². The van der Waals surface area contributed by atoms with Crippen molar-refractivity contribution in [1.82, 2.24) is 4.90 Å². The number of likely N-dealkylation sites (tertiary alicyclic amines) is 1. The first kappa shape index (κ1) is 16.5. The standard InChI is InChI=1S/C13H14Cl2FNO3S/c14-9-7-10(12(16)11(8-9)21(15,19)20)13(18)17-5-3-1-2-4-6-17/h7-8H,1-6H2. The third kappa shape index (κ3) is 3.87. The van der Waals surface area contributed by atoms with Crippen LogP contribution in [0, 0.1) is 5.82 Å². The Morgan fingerprint density at radius 3 is 2.24 bits per heavy atom. The van der Waals surface area contributed by atoms with Crippen LogP contribution in [0.1, 0.15) is 36.0 Å². The quantitative estimate of drug-likeness (QED) is 0.765. The van der Waals surface area contributed by atoms with Gasteiger partial charge in [-0.1, -0.05) is 24.4 Å². The molecule has 21 heavy (non-hydrogen) atoms. The molecule has 0 aliphatic carbocycles. The molecule has 0 radical (unpaired) electrons. The lowest BCUT2D eigenvalue weighted by atomic mass is 10.1. The van der Waals surface area contributed by atoms with Crippen LogP contribution in [0.4, 0.5) is 4.39 Å². The van der Waals surface area contributed by atoms with Crippen LogP contribution in [0.15, 0.2) is 17.0 Å². The number of carbonyl (C=O) groups is 1. The predicted octanol–water partition coefficient (Wildman–Crippen LogP) is 3.42. The Kier molecular flexibility index (Phi) is 5.11. The van der Waals surface area contributed by atoms with Gasteiger partial charge in [0.15, 0.2) is 5.82 Å². The van der Waals surface area contributed by atoms with E-state index < -0.39 is 25.7 Å². The Hall–Kier alpha value is -0.850. The number of rotatable bonds is 2. The maximum atomic E-state index is 14.3. The van der Waals surface area contributed by atoms with Gasteiger partial charge in [0.25, 0.3) is 15.0 Å². The van der Waals surface area contributed by atoms with Crippen molar-refractivity contribution < 1.29 is 17.6 Å². The lowest BCUT2D eigenvalue weighted by molar-refractivity contribution is 0.0756. The van der Waals surface area contributed by atoms with Crippen molar-refractivity contribution in [3.05, 3.63) is 28.5 Å². The molecule has 1 aromatic rings. The lowest BCUT2D eigenvalue weighted by Gasteiger charge is -2.21. The summed E-state index contributed by atoms with van der Waals surface area (Å²) in [7, 11) is 0.865. The average Bonchev–Trinajstić information content (AvgIpc) is 2.68. The van der Waals surface area contributed by atoms with Gasteiger partial charge in [-0.3, -0.25) is 4.79 Å².